The van der Waals surface area contributed by atoms with Crippen LogP contribution in [0.5, 0.6) is 0 Å². The minimum absolute atomic E-state index is 0.115. The Kier molecular flexibility index (Phi) is 3.70. The van der Waals surface area contributed by atoms with Gasteiger partial charge in [0.1, 0.15) is 5.69 Å². The molecule has 1 aromatic rings. The topological polar surface area (TPSA) is 107 Å². The highest BCUT2D eigenvalue weighted by Gasteiger charge is 2.35. The van der Waals surface area contributed by atoms with E-state index in [4.69, 9.17) is 5.14 Å². The lowest BCUT2D eigenvalue weighted by Crippen LogP contribution is -2.30. The summed E-state index contributed by atoms with van der Waals surface area (Å²) in [7, 11) is -4.13. The van der Waals surface area contributed by atoms with Crippen molar-refractivity contribution in [1.29, 1.82) is 0 Å². The van der Waals surface area contributed by atoms with Crippen LogP contribution in [0.25, 0.3) is 0 Å². The quantitative estimate of drug-likeness (QED) is 0.672. The van der Waals surface area contributed by atoms with Crippen molar-refractivity contribution in [2.45, 2.75) is 31.2 Å². The number of nitrogens with zero attached hydrogens (tertiary/aromatic N) is 2. The van der Waals surface area contributed by atoms with Crippen molar-refractivity contribution in [1.82, 2.24) is 0 Å². The Morgan fingerprint density at radius 3 is 2.50 bits per heavy atom. The second-order valence-corrected chi connectivity index (χ2v) is 6.66. The molecule has 20 heavy (non-hydrogen) atoms. The number of hydrogen-bond acceptors (Lipinski definition) is 5. The molecule has 1 saturated heterocycles. The van der Waals surface area contributed by atoms with Gasteiger partial charge in [-0.05, 0) is 31.4 Å². The van der Waals surface area contributed by atoms with E-state index in [0.29, 0.717) is 18.2 Å². The molecule has 2 unspecified atom stereocenters. The number of benzene rings is 1. The molecule has 0 spiro atoms. The molecule has 8 heteroatoms. The van der Waals surface area contributed by atoms with Crippen molar-refractivity contribution < 1.29 is 13.3 Å². The summed E-state index contributed by atoms with van der Waals surface area (Å²) in [5, 5.41) is 16.4. The van der Waals surface area contributed by atoms with E-state index in [0.717, 1.165) is 6.42 Å². The molecule has 2 atom stereocenters. The minimum atomic E-state index is -4.13. The van der Waals surface area contributed by atoms with Crippen LogP contribution < -0.4 is 10.0 Å². The second kappa shape index (κ2) is 5.02. The van der Waals surface area contributed by atoms with Gasteiger partial charge in [-0.3, -0.25) is 10.1 Å². The Labute approximate surface area is 117 Å². The molecule has 0 amide bonds. The standard InChI is InChI=1S/C12H17N3O4S/c1-8-6-7-14(9(8)2)10-4-3-5-11(20(13,18)19)12(10)15(16)17/h3-5,8-9H,6-7H2,1-2H3,(H2,13,18,19). The fourth-order valence-electron chi connectivity index (χ4n) is 2.59. The van der Waals surface area contributed by atoms with Gasteiger partial charge in [-0.2, -0.15) is 0 Å². The number of nitrogens with two attached hydrogens (primary N) is 1. The molecule has 0 aromatic heterocycles. The average Bonchev–Trinajstić information content (AvgIpc) is 2.68. The van der Waals surface area contributed by atoms with Gasteiger partial charge >= 0.3 is 5.69 Å². The van der Waals surface area contributed by atoms with E-state index in [1.54, 1.807) is 6.07 Å². The van der Waals surface area contributed by atoms with Crippen LogP contribution in [0, 0.1) is 16.0 Å². The highest BCUT2D eigenvalue weighted by Crippen LogP contribution is 2.38. The number of anilines is 1. The largest absolute Gasteiger partial charge is 0.363 e. The van der Waals surface area contributed by atoms with E-state index in [2.05, 4.69) is 6.92 Å². The van der Waals surface area contributed by atoms with Gasteiger partial charge < -0.3 is 4.90 Å². The molecule has 0 aliphatic carbocycles. The van der Waals surface area contributed by atoms with E-state index in [-0.39, 0.29) is 6.04 Å². The monoisotopic (exact) mass is 299 g/mol. The predicted molar refractivity (Wildman–Crippen MR) is 75.1 cm³/mol. The van der Waals surface area contributed by atoms with Gasteiger partial charge in [0.05, 0.1) is 4.92 Å². The second-order valence-electron chi connectivity index (χ2n) is 5.13. The van der Waals surface area contributed by atoms with Crippen molar-refractivity contribution in [2.24, 2.45) is 11.1 Å². The van der Waals surface area contributed by atoms with Crippen LogP contribution in [-0.4, -0.2) is 25.9 Å². The fraction of sp³-hybridized carbons (Fsp3) is 0.500. The lowest BCUT2D eigenvalue weighted by molar-refractivity contribution is -0.387. The first-order chi connectivity index (χ1) is 9.23. The highest BCUT2D eigenvalue weighted by molar-refractivity contribution is 7.89. The summed E-state index contributed by atoms with van der Waals surface area (Å²) in [6.45, 7) is 4.71. The van der Waals surface area contributed by atoms with Gasteiger partial charge in [0.25, 0.3) is 0 Å². The predicted octanol–water partition coefficient (Wildman–Crippen LogP) is 1.48. The first-order valence-electron chi connectivity index (χ1n) is 6.30. The highest BCUT2D eigenvalue weighted by atomic mass is 32.2. The molecule has 1 aliphatic rings. The van der Waals surface area contributed by atoms with E-state index >= 15 is 0 Å². The third-order valence-corrected chi connectivity index (χ3v) is 4.86. The molecule has 1 fully saturated rings. The molecule has 1 aliphatic heterocycles. The molecule has 0 saturated carbocycles. The lowest BCUT2D eigenvalue weighted by atomic mass is 10.0. The van der Waals surface area contributed by atoms with E-state index in [9.17, 15) is 18.5 Å². The molecule has 1 heterocycles. The molecule has 2 rings (SSSR count). The van der Waals surface area contributed by atoms with E-state index in [1.165, 1.54) is 12.1 Å². The third kappa shape index (κ3) is 2.48. The van der Waals surface area contributed by atoms with Crippen molar-refractivity contribution in [3.05, 3.63) is 28.3 Å². The number of para-hydroxylation sites is 1. The minimum Gasteiger partial charge on any atom is -0.363 e. The summed E-state index contributed by atoms with van der Waals surface area (Å²) in [5.74, 6) is 0.396. The molecule has 0 bridgehead atoms. The zero-order valence-electron chi connectivity index (χ0n) is 11.3. The SMILES string of the molecule is CC1CCN(c2cccc(S(N)(=O)=O)c2[N+](=O)[O-])C1C. The summed E-state index contributed by atoms with van der Waals surface area (Å²) in [5.41, 5.74) is -0.116. The van der Waals surface area contributed by atoms with Crippen LogP contribution in [0.2, 0.25) is 0 Å². The molecular weight excluding hydrogens is 282 g/mol. The first-order valence-corrected chi connectivity index (χ1v) is 7.85. The van der Waals surface area contributed by atoms with Gasteiger partial charge in [-0.1, -0.05) is 13.0 Å². The third-order valence-electron chi connectivity index (χ3n) is 3.92. The zero-order valence-corrected chi connectivity index (χ0v) is 12.1. The van der Waals surface area contributed by atoms with Crippen molar-refractivity contribution in [2.75, 3.05) is 11.4 Å². The Morgan fingerprint density at radius 2 is 2.05 bits per heavy atom. The van der Waals surface area contributed by atoms with Crippen molar-refractivity contribution in [3.8, 4) is 0 Å². The smallest absolute Gasteiger partial charge is 0.312 e. The first kappa shape index (κ1) is 14.7. The number of rotatable bonds is 3. The number of nitro benzene ring substituents is 1. The molecule has 0 radical (unpaired) electrons. The van der Waals surface area contributed by atoms with Gasteiger partial charge in [0.15, 0.2) is 4.90 Å². The number of hydrogen-bond donors (Lipinski definition) is 1. The maximum absolute atomic E-state index is 11.5. The maximum Gasteiger partial charge on any atom is 0.312 e. The number of sulfonamides is 1. The Balaban J connectivity index is 2.63. The molecular formula is C12H17N3O4S. The zero-order chi connectivity index (χ0) is 15.1. The van der Waals surface area contributed by atoms with Crippen LogP contribution in [0.1, 0.15) is 20.3 Å². The molecule has 1 aromatic carbocycles. The maximum atomic E-state index is 11.5. The fourth-order valence-corrected chi connectivity index (χ4v) is 3.31. The van der Waals surface area contributed by atoms with Crippen LogP contribution in [0.15, 0.2) is 23.1 Å². The molecule has 7 nitrogen and oxygen atoms in total. The Hall–Kier alpha value is -1.67. The van der Waals surface area contributed by atoms with Crippen LogP contribution in [-0.2, 0) is 10.0 Å². The summed E-state index contributed by atoms with van der Waals surface area (Å²) >= 11 is 0. The van der Waals surface area contributed by atoms with Gasteiger partial charge in [0.2, 0.25) is 10.0 Å². The normalized spacial score (nSPS) is 23.1. The molecule has 2 N–H and O–H groups in total. The lowest BCUT2D eigenvalue weighted by Gasteiger charge is -2.25. The summed E-state index contributed by atoms with van der Waals surface area (Å²) < 4.78 is 23.1. The van der Waals surface area contributed by atoms with Gasteiger partial charge in [-0.15, -0.1) is 0 Å². The van der Waals surface area contributed by atoms with Crippen molar-refractivity contribution in [3.63, 3.8) is 0 Å². The van der Waals surface area contributed by atoms with Gasteiger partial charge in [-0.25, -0.2) is 13.6 Å². The van der Waals surface area contributed by atoms with Crippen LogP contribution in [0.4, 0.5) is 11.4 Å². The molecule has 110 valence electrons. The van der Waals surface area contributed by atoms with Crippen molar-refractivity contribution >= 4 is 21.4 Å². The summed E-state index contributed by atoms with van der Waals surface area (Å²) in [6, 6.07) is 4.34. The summed E-state index contributed by atoms with van der Waals surface area (Å²) in [4.78, 5) is 12.1. The average molecular weight is 299 g/mol. The Bertz CT molecular complexity index is 644. The van der Waals surface area contributed by atoms with E-state index < -0.39 is 25.5 Å². The summed E-state index contributed by atoms with van der Waals surface area (Å²) in [6.07, 6.45) is 0.915. The van der Waals surface area contributed by atoms with Crippen LogP contribution >= 0.6 is 0 Å². The van der Waals surface area contributed by atoms with E-state index in [1.807, 2.05) is 11.8 Å². The Morgan fingerprint density at radius 1 is 1.40 bits per heavy atom. The van der Waals surface area contributed by atoms with Gasteiger partial charge in [0, 0.05) is 12.6 Å². The van der Waals surface area contributed by atoms with Crippen LogP contribution in [0.3, 0.4) is 0 Å². The number of primary sulfonamides is 1. The number of nitro groups is 1.